The molecule has 3 aromatic rings. The number of benzene rings is 2. The zero-order chi connectivity index (χ0) is 19.4. The first-order chi connectivity index (χ1) is 12.9. The van der Waals surface area contributed by atoms with Crippen molar-refractivity contribution in [3.63, 3.8) is 0 Å². The van der Waals surface area contributed by atoms with Crippen LogP contribution in [-0.4, -0.2) is 25.5 Å². The van der Waals surface area contributed by atoms with E-state index in [0.717, 1.165) is 0 Å². The lowest BCUT2D eigenvalue weighted by atomic mass is 10.1. The Morgan fingerprint density at radius 2 is 1.89 bits per heavy atom. The van der Waals surface area contributed by atoms with Crippen LogP contribution in [0.15, 0.2) is 60.8 Å². The van der Waals surface area contributed by atoms with Crippen LogP contribution in [-0.2, 0) is 15.8 Å². The molecule has 0 aliphatic carbocycles. The number of sulfonamides is 1. The van der Waals surface area contributed by atoms with Gasteiger partial charge in [-0.1, -0.05) is 24.3 Å². The molecular weight excluding hydrogens is 366 g/mol. The number of nitrogens with two attached hydrogens (primary N) is 2. The lowest BCUT2D eigenvalue weighted by molar-refractivity contribution is 0.416. The number of methoxy groups -OCH3 is 1. The third-order valence-electron chi connectivity index (χ3n) is 3.75. The molecule has 0 aliphatic heterocycles. The van der Waals surface area contributed by atoms with Gasteiger partial charge in [0.1, 0.15) is 11.6 Å². The number of rotatable bonds is 6. The Labute approximate surface area is 157 Å². The van der Waals surface area contributed by atoms with Crippen molar-refractivity contribution in [3.05, 3.63) is 66.4 Å². The normalized spacial score (nSPS) is 11.2. The number of hydrogen-bond acceptors (Lipinski definition) is 7. The van der Waals surface area contributed by atoms with Gasteiger partial charge < -0.3 is 10.5 Å². The van der Waals surface area contributed by atoms with Gasteiger partial charge in [-0.3, -0.25) is 4.90 Å². The second-order valence-electron chi connectivity index (χ2n) is 5.76. The Morgan fingerprint density at radius 1 is 1.11 bits per heavy atom. The van der Waals surface area contributed by atoms with E-state index in [1.54, 1.807) is 37.6 Å². The van der Waals surface area contributed by atoms with E-state index in [9.17, 15) is 8.42 Å². The Bertz CT molecular complexity index is 1060. The maximum Gasteiger partial charge on any atom is 0.221 e. The number of primary sulfonamides is 1. The Morgan fingerprint density at radius 3 is 2.59 bits per heavy atom. The molecule has 140 valence electrons. The Kier molecular flexibility index (Phi) is 5.24. The number of nitrogens with zero attached hydrogens (tertiary/aromatic N) is 3. The van der Waals surface area contributed by atoms with E-state index >= 15 is 0 Å². The third-order valence-corrected chi connectivity index (χ3v) is 4.49. The fourth-order valence-electron chi connectivity index (χ4n) is 2.72. The van der Waals surface area contributed by atoms with Crippen LogP contribution in [0.4, 0.5) is 23.1 Å². The minimum Gasteiger partial charge on any atom is -0.495 e. The van der Waals surface area contributed by atoms with Crippen LogP contribution in [0.3, 0.4) is 0 Å². The number of nitrogen functional groups attached to an aromatic ring is 1. The van der Waals surface area contributed by atoms with Gasteiger partial charge >= 0.3 is 0 Å². The molecule has 0 bridgehead atoms. The highest BCUT2D eigenvalue weighted by Crippen LogP contribution is 2.39. The van der Waals surface area contributed by atoms with Crippen LogP contribution in [0.5, 0.6) is 5.75 Å². The van der Waals surface area contributed by atoms with E-state index in [0.29, 0.717) is 28.5 Å². The van der Waals surface area contributed by atoms with Gasteiger partial charge in [-0.05, 0) is 35.9 Å². The summed E-state index contributed by atoms with van der Waals surface area (Å²) in [6, 6.07) is 16.1. The third kappa shape index (κ3) is 4.52. The number of hydrogen-bond donors (Lipinski definition) is 2. The van der Waals surface area contributed by atoms with Gasteiger partial charge in [-0.2, -0.15) is 4.98 Å². The largest absolute Gasteiger partial charge is 0.495 e. The molecule has 0 aliphatic rings. The van der Waals surface area contributed by atoms with Crippen LogP contribution in [0, 0.1) is 0 Å². The zero-order valence-electron chi connectivity index (χ0n) is 14.6. The monoisotopic (exact) mass is 385 g/mol. The summed E-state index contributed by atoms with van der Waals surface area (Å²) in [5, 5.41) is 5.18. The molecule has 0 atom stereocenters. The van der Waals surface area contributed by atoms with Crippen molar-refractivity contribution in [2.24, 2.45) is 5.14 Å². The number of ether oxygens (including phenoxy) is 1. The van der Waals surface area contributed by atoms with E-state index in [2.05, 4.69) is 9.97 Å². The maximum absolute atomic E-state index is 11.5. The first kappa shape index (κ1) is 18.6. The zero-order valence-corrected chi connectivity index (χ0v) is 15.4. The van der Waals surface area contributed by atoms with Crippen molar-refractivity contribution in [2.45, 2.75) is 5.75 Å². The number of aromatic nitrogens is 2. The molecule has 0 amide bonds. The molecule has 1 heterocycles. The molecule has 1 aromatic heterocycles. The van der Waals surface area contributed by atoms with E-state index in [1.165, 1.54) is 0 Å². The maximum atomic E-state index is 11.5. The second kappa shape index (κ2) is 7.60. The summed E-state index contributed by atoms with van der Waals surface area (Å²) in [6.45, 7) is 0. The number of anilines is 4. The van der Waals surface area contributed by atoms with Crippen molar-refractivity contribution < 1.29 is 13.2 Å². The fourth-order valence-corrected chi connectivity index (χ4v) is 3.36. The summed E-state index contributed by atoms with van der Waals surface area (Å²) in [5.41, 5.74) is 7.71. The predicted octanol–water partition coefficient (Wildman–Crippen LogP) is 2.33. The van der Waals surface area contributed by atoms with Crippen molar-refractivity contribution in [1.82, 2.24) is 9.97 Å². The molecule has 0 spiro atoms. The van der Waals surface area contributed by atoms with Gasteiger partial charge in [0.2, 0.25) is 16.0 Å². The first-order valence-electron chi connectivity index (χ1n) is 7.98. The molecule has 9 heteroatoms. The fraction of sp³-hybridized carbons (Fsp3) is 0.111. The lowest BCUT2D eigenvalue weighted by Crippen LogP contribution is -2.16. The van der Waals surface area contributed by atoms with Crippen molar-refractivity contribution >= 4 is 33.2 Å². The quantitative estimate of drug-likeness (QED) is 0.667. The summed E-state index contributed by atoms with van der Waals surface area (Å²) in [7, 11) is -2.09. The van der Waals surface area contributed by atoms with Gasteiger partial charge in [0.25, 0.3) is 0 Å². The molecule has 27 heavy (non-hydrogen) atoms. The van der Waals surface area contributed by atoms with Crippen molar-refractivity contribution in [1.29, 1.82) is 0 Å². The molecule has 0 fully saturated rings. The molecular formula is C18H19N5O3S. The molecule has 0 unspecified atom stereocenters. The van der Waals surface area contributed by atoms with Crippen LogP contribution >= 0.6 is 0 Å². The van der Waals surface area contributed by atoms with Crippen molar-refractivity contribution in [3.8, 4) is 5.75 Å². The van der Waals surface area contributed by atoms with Crippen LogP contribution in [0.2, 0.25) is 0 Å². The van der Waals surface area contributed by atoms with Crippen molar-refractivity contribution in [2.75, 3.05) is 17.7 Å². The average molecular weight is 385 g/mol. The van der Waals surface area contributed by atoms with Gasteiger partial charge in [-0.15, -0.1) is 0 Å². The summed E-state index contributed by atoms with van der Waals surface area (Å²) >= 11 is 0. The molecule has 2 aromatic carbocycles. The molecule has 3 rings (SSSR count). The SMILES string of the molecule is COc1ccccc1N(c1cccc(CS(N)(=O)=O)c1)c1ccnc(N)n1. The van der Waals surface area contributed by atoms with E-state index in [-0.39, 0.29) is 11.7 Å². The van der Waals surface area contributed by atoms with Crippen LogP contribution in [0.1, 0.15) is 5.56 Å². The summed E-state index contributed by atoms with van der Waals surface area (Å²) in [4.78, 5) is 10.0. The highest BCUT2D eigenvalue weighted by atomic mass is 32.2. The van der Waals surface area contributed by atoms with E-state index < -0.39 is 10.0 Å². The summed E-state index contributed by atoms with van der Waals surface area (Å²) < 4.78 is 28.4. The van der Waals surface area contributed by atoms with Crippen LogP contribution in [0.25, 0.3) is 0 Å². The van der Waals surface area contributed by atoms with E-state index in [1.807, 2.05) is 35.2 Å². The topological polar surface area (TPSA) is 124 Å². The smallest absolute Gasteiger partial charge is 0.221 e. The standard InChI is InChI=1S/C18H19N5O3S/c1-26-16-8-3-2-7-15(16)23(17-9-10-21-18(19)22-17)14-6-4-5-13(11-14)12-27(20,24)25/h2-11H,12H2,1H3,(H2,19,21,22)(H2,20,24,25). The van der Waals surface area contributed by atoms with Gasteiger partial charge in [-0.25, -0.2) is 18.5 Å². The minimum absolute atomic E-state index is 0.119. The summed E-state index contributed by atoms with van der Waals surface area (Å²) in [6.07, 6.45) is 1.55. The lowest BCUT2D eigenvalue weighted by Gasteiger charge is -2.26. The van der Waals surface area contributed by atoms with Crippen LogP contribution < -0.4 is 20.5 Å². The first-order valence-corrected chi connectivity index (χ1v) is 9.70. The van der Waals surface area contributed by atoms with E-state index in [4.69, 9.17) is 15.6 Å². The minimum atomic E-state index is -3.66. The Hall–Kier alpha value is -3.17. The highest BCUT2D eigenvalue weighted by molar-refractivity contribution is 7.88. The molecule has 4 N–H and O–H groups in total. The second-order valence-corrected chi connectivity index (χ2v) is 7.37. The molecule has 0 saturated heterocycles. The highest BCUT2D eigenvalue weighted by Gasteiger charge is 2.19. The van der Waals surface area contributed by atoms with Gasteiger partial charge in [0.05, 0.1) is 18.6 Å². The molecule has 0 radical (unpaired) electrons. The summed E-state index contributed by atoms with van der Waals surface area (Å²) in [5.74, 6) is 0.978. The Balaban J connectivity index is 2.18. The van der Waals surface area contributed by atoms with Gasteiger partial charge in [0.15, 0.2) is 0 Å². The molecule has 8 nitrogen and oxygen atoms in total. The van der Waals surface area contributed by atoms with Gasteiger partial charge in [0, 0.05) is 11.9 Å². The average Bonchev–Trinajstić information content (AvgIpc) is 2.61. The molecule has 0 saturated carbocycles. The number of para-hydroxylation sites is 2. The predicted molar refractivity (Wildman–Crippen MR) is 104 cm³/mol.